The van der Waals surface area contributed by atoms with Crippen LogP contribution in [0.1, 0.15) is 71.1 Å². The molecule has 1 saturated heterocycles. The van der Waals surface area contributed by atoms with Gasteiger partial charge in [-0.3, -0.25) is 9.79 Å². The summed E-state index contributed by atoms with van der Waals surface area (Å²) >= 11 is 0. The van der Waals surface area contributed by atoms with Gasteiger partial charge in [0.15, 0.2) is 5.96 Å². The monoisotopic (exact) mass is 490 g/mol. The van der Waals surface area contributed by atoms with Crippen molar-refractivity contribution in [2.75, 3.05) is 26.7 Å². The Morgan fingerprint density at radius 1 is 1.11 bits per heavy atom. The third-order valence-electron chi connectivity index (χ3n) is 6.66. The lowest BCUT2D eigenvalue weighted by molar-refractivity contribution is -0.134. The van der Waals surface area contributed by atoms with Crippen LogP contribution < -0.4 is 10.6 Å². The third kappa shape index (κ3) is 6.79. The molecule has 2 saturated carbocycles. The SMILES string of the molecule is CN=C(NCCC1CCCC(C)C1)NC1CCN(C(=O)C2CCCC2)C1.I. The van der Waals surface area contributed by atoms with Crippen LogP contribution in [-0.2, 0) is 4.79 Å². The molecule has 0 aromatic rings. The zero-order valence-electron chi connectivity index (χ0n) is 17.2. The summed E-state index contributed by atoms with van der Waals surface area (Å²) < 4.78 is 0. The number of nitrogens with one attached hydrogen (secondary N) is 2. The van der Waals surface area contributed by atoms with Gasteiger partial charge in [0.1, 0.15) is 0 Å². The minimum atomic E-state index is 0. The third-order valence-corrected chi connectivity index (χ3v) is 6.66. The zero-order valence-corrected chi connectivity index (χ0v) is 19.5. The van der Waals surface area contributed by atoms with E-state index in [1.54, 1.807) is 0 Å². The molecule has 1 aliphatic heterocycles. The number of amides is 1. The zero-order chi connectivity index (χ0) is 18.4. The fourth-order valence-electron chi connectivity index (χ4n) is 5.11. The summed E-state index contributed by atoms with van der Waals surface area (Å²) in [6.07, 6.45) is 12.5. The van der Waals surface area contributed by atoms with E-state index >= 15 is 0 Å². The van der Waals surface area contributed by atoms with Crippen LogP contribution in [0.2, 0.25) is 0 Å². The van der Waals surface area contributed by atoms with Gasteiger partial charge in [0, 0.05) is 38.6 Å². The molecule has 6 heteroatoms. The van der Waals surface area contributed by atoms with E-state index in [0.29, 0.717) is 17.9 Å². The van der Waals surface area contributed by atoms with Crippen LogP contribution in [0.25, 0.3) is 0 Å². The molecule has 3 aliphatic rings. The van der Waals surface area contributed by atoms with Gasteiger partial charge in [0.25, 0.3) is 0 Å². The Balaban J connectivity index is 0.00000261. The van der Waals surface area contributed by atoms with Crippen LogP contribution in [0.5, 0.6) is 0 Å². The van der Waals surface area contributed by atoms with E-state index < -0.39 is 0 Å². The Morgan fingerprint density at radius 3 is 2.59 bits per heavy atom. The number of carbonyl (C=O) groups excluding carboxylic acids is 1. The van der Waals surface area contributed by atoms with Crippen molar-refractivity contribution in [1.82, 2.24) is 15.5 Å². The highest BCUT2D eigenvalue weighted by atomic mass is 127. The fraction of sp³-hybridized carbons (Fsp3) is 0.905. The number of hydrogen-bond donors (Lipinski definition) is 2. The van der Waals surface area contributed by atoms with Gasteiger partial charge in [-0.1, -0.05) is 39.0 Å². The summed E-state index contributed by atoms with van der Waals surface area (Å²) in [5.41, 5.74) is 0. The Kier molecular flexibility index (Phi) is 9.66. The summed E-state index contributed by atoms with van der Waals surface area (Å²) in [5, 5.41) is 7.03. The normalized spacial score (nSPS) is 29.5. The molecule has 1 amide bonds. The van der Waals surface area contributed by atoms with Crippen LogP contribution in [-0.4, -0.2) is 49.5 Å². The molecular weight excluding hydrogens is 451 g/mol. The molecule has 0 radical (unpaired) electrons. The second-order valence-electron chi connectivity index (χ2n) is 8.82. The summed E-state index contributed by atoms with van der Waals surface area (Å²) in [6.45, 7) is 5.10. The molecule has 3 fully saturated rings. The number of nitrogens with zero attached hydrogens (tertiary/aromatic N) is 2. The molecule has 3 unspecified atom stereocenters. The standard InChI is InChI=1S/C21H38N4O.HI/c1-16-6-5-7-17(14-16)10-12-23-21(22-2)24-19-11-13-25(15-19)20(26)18-8-3-4-9-18;/h16-19H,3-15H2,1-2H3,(H2,22,23,24);1H. The van der Waals surface area contributed by atoms with E-state index in [9.17, 15) is 4.79 Å². The number of halogens is 1. The molecular formula is C21H39IN4O. The van der Waals surface area contributed by atoms with Crippen molar-refractivity contribution in [1.29, 1.82) is 0 Å². The van der Waals surface area contributed by atoms with Crippen LogP contribution in [0.15, 0.2) is 4.99 Å². The largest absolute Gasteiger partial charge is 0.356 e. The topological polar surface area (TPSA) is 56.7 Å². The second kappa shape index (κ2) is 11.5. The molecule has 2 aliphatic carbocycles. The molecule has 3 rings (SSSR count). The summed E-state index contributed by atoms with van der Waals surface area (Å²) in [7, 11) is 1.84. The minimum absolute atomic E-state index is 0. The first-order valence-corrected chi connectivity index (χ1v) is 10.9. The first kappa shape index (κ1) is 22.8. The highest BCUT2D eigenvalue weighted by Gasteiger charge is 2.32. The van der Waals surface area contributed by atoms with Crippen molar-refractivity contribution < 1.29 is 4.79 Å². The molecule has 0 spiro atoms. The summed E-state index contributed by atoms with van der Waals surface area (Å²) in [4.78, 5) is 19.0. The smallest absolute Gasteiger partial charge is 0.225 e. The van der Waals surface area contributed by atoms with Gasteiger partial charge in [-0.15, -0.1) is 24.0 Å². The second-order valence-corrected chi connectivity index (χ2v) is 8.82. The maximum absolute atomic E-state index is 12.6. The lowest BCUT2D eigenvalue weighted by atomic mass is 9.81. The molecule has 3 atom stereocenters. The molecule has 0 aromatic heterocycles. The maximum Gasteiger partial charge on any atom is 0.225 e. The van der Waals surface area contributed by atoms with Gasteiger partial charge in [-0.05, 0) is 43.9 Å². The van der Waals surface area contributed by atoms with Crippen molar-refractivity contribution in [3.05, 3.63) is 0 Å². The molecule has 2 N–H and O–H groups in total. The van der Waals surface area contributed by atoms with Crippen molar-refractivity contribution in [3.63, 3.8) is 0 Å². The number of rotatable bonds is 5. The number of likely N-dealkylation sites (tertiary alicyclic amines) is 1. The van der Waals surface area contributed by atoms with Crippen molar-refractivity contribution in [3.8, 4) is 0 Å². The van der Waals surface area contributed by atoms with Crippen molar-refractivity contribution >= 4 is 35.8 Å². The summed E-state index contributed by atoms with van der Waals surface area (Å²) in [6, 6.07) is 0.334. The number of guanidine groups is 1. The van der Waals surface area contributed by atoms with Crippen molar-refractivity contribution in [2.45, 2.75) is 77.2 Å². The molecule has 5 nitrogen and oxygen atoms in total. The Morgan fingerprint density at radius 2 is 1.89 bits per heavy atom. The minimum Gasteiger partial charge on any atom is -0.356 e. The van der Waals surface area contributed by atoms with Crippen LogP contribution >= 0.6 is 24.0 Å². The average molecular weight is 490 g/mol. The summed E-state index contributed by atoms with van der Waals surface area (Å²) in [5.74, 6) is 3.35. The first-order chi connectivity index (χ1) is 12.7. The van der Waals surface area contributed by atoms with Gasteiger partial charge in [-0.25, -0.2) is 0 Å². The van der Waals surface area contributed by atoms with E-state index in [4.69, 9.17) is 0 Å². The van der Waals surface area contributed by atoms with Gasteiger partial charge in [0.2, 0.25) is 5.91 Å². The quantitative estimate of drug-likeness (QED) is 0.351. The Hall–Kier alpha value is -0.530. The molecule has 0 aromatic carbocycles. The Labute approximate surface area is 182 Å². The van der Waals surface area contributed by atoms with Gasteiger partial charge in [0.05, 0.1) is 0 Å². The average Bonchev–Trinajstić information content (AvgIpc) is 3.32. The van der Waals surface area contributed by atoms with E-state index in [-0.39, 0.29) is 24.0 Å². The van der Waals surface area contributed by atoms with E-state index in [0.717, 1.165) is 56.7 Å². The van der Waals surface area contributed by atoms with Crippen LogP contribution in [0.4, 0.5) is 0 Å². The Bertz CT molecular complexity index is 493. The van der Waals surface area contributed by atoms with Crippen LogP contribution in [0, 0.1) is 17.8 Å². The highest BCUT2D eigenvalue weighted by Crippen LogP contribution is 2.30. The van der Waals surface area contributed by atoms with Crippen molar-refractivity contribution in [2.24, 2.45) is 22.7 Å². The van der Waals surface area contributed by atoms with Gasteiger partial charge < -0.3 is 15.5 Å². The molecule has 0 bridgehead atoms. The number of aliphatic imine (C=N–C) groups is 1. The molecule has 156 valence electrons. The molecule has 27 heavy (non-hydrogen) atoms. The van der Waals surface area contributed by atoms with E-state index in [1.807, 2.05) is 7.05 Å². The first-order valence-electron chi connectivity index (χ1n) is 10.9. The van der Waals surface area contributed by atoms with E-state index in [1.165, 1.54) is 44.9 Å². The molecule has 1 heterocycles. The number of carbonyl (C=O) groups is 1. The highest BCUT2D eigenvalue weighted by molar-refractivity contribution is 14.0. The predicted molar refractivity (Wildman–Crippen MR) is 123 cm³/mol. The fourth-order valence-corrected chi connectivity index (χ4v) is 5.11. The predicted octanol–water partition coefficient (Wildman–Crippen LogP) is 3.78. The number of hydrogen-bond acceptors (Lipinski definition) is 2. The van der Waals surface area contributed by atoms with Gasteiger partial charge >= 0.3 is 0 Å². The van der Waals surface area contributed by atoms with E-state index in [2.05, 4.69) is 27.4 Å². The lowest BCUT2D eigenvalue weighted by Crippen LogP contribution is -2.45. The van der Waals surface area contributed by atoms with Crippen LogP contribution in [0.3, 0.4) is 0 Å². The maximum atomic E-state index is 12.6. The van der Waals surface area contributed by atoms with Gasteiger partial charge in [-0.2, -0.15) is 0 Å². The lowest BCUT2D eigenvalue weighted by Gasteiger charge is -2.27.